The summed E-state index contributed by atoms with van der Waals surface area (Å²) in [5.74, 6) is 0. The van der Waals surface area contributed by atoms with E-state index in [9.17, 15) is 12.3 Å². The zero-order chi connectivity index (χ0) is 8.11. The van der Waals surface area contributed by atoms with Crippen molar-refractivity contribution in [3.05, 3.63) is 0 Å². The van der Waals surface area contributed by atoms with Crippen molar-refractivity contribution in [3.8, 4) is 0 Å². The second-order valence-corrected chi connectivity index (χ2v) is 5.24. The summed E-state index contributed by atoms with van der Waals surface area (Å²) in [6, 6.07) is 0. The number of hydrogen-bond donors (Lipinski definition) is 0. The summed E-state index contributed by atoms with van der Waals surface area (Å²) in [5, 5.41) is -0.657. The molecule has 2 fully saturated rings. The fraction of sp³-hybridized carbons (Fsp3) is 1.00. The van der Waals surface area contributed by atoms with Gasteiger partial charge in [0.2, 0.25) is 0 Å². The van der Waals surface area contributed by atoms with E-state index in [0.29, 0.717) is 6.42 Å². The molecule has 64 valence electrons. The van der Waals surface area contributed by atoms with Gasteiger partial charge >= 0.3 is 10.2 Å². The highest BCUT2D eigenvalue weighted by atomic mass is 32.3. The highest BCUT2D eigenvalue weighted by molar-refractivity contribution is 7.87. The zero-order valence-corrected chi connectivity index (χ0v) is 7.03. The molecule has 4 heteroatoms. The topological polar surface area (TPSA) is 34.1 Å². The van der Waals surface area contributed by atoms with Crippen LogP contribution in [0.1, 0.15) is 32.1 Å². The third-order valence-electron chi connectivity index (χ3n) is 3.06. The van der Waals surface area contributed by atoms with Crippen LogP contribution >= 0.6 is 0 Å². The van der Waals surface area contributed by atoms with Crippen LogP contribution in [0, 0.1) is 5.41 Å². The Morgan fingerprint density at radius 1 is 1.27 bits per heavy atom. The lowest BCUT2D eigenvalue weighted by Crippen LogP contribution is -2.22. The molecule has 2 rings (SSSR count). The molecule has 11 heavy (non-hydrogen) atoms. The molecular formula is C7H11FO2S. The first-order valence-electron chi connectivity index (χ1n) is 3.98. The first-order chi connectivity index (χ1) is 5.05. The first kappa shape index (κ1) is 7.53. The van der Waals surface area contributed by atoms with Crippen LogP contribution in [0.2, 0.25) is 0 Å². The van der Waals surface area contributed by atoms with Crippen LogP contribution in [0.15, 0.2) is 0 Å². The van der Waals surface area contributed by atoms with E-state index in [1.165, 1.54) is 0 Å². The van der Waals surface area contributed by atoms with Gasteiger partial charge in [-0.3, -0.25) is 0 Å². The molecule has 1 unspecified atom stereocenters. The minimum atomic E-state index is -4.25. The van der Waals surface area contributed by atoms with Gasteiger partial charge in [-0.1, -0.05) is 6.42 Å². The molecule has 1 spiro atoms. The van der Waals surface area contributed by atoms with E-state index in [1.807, 2.05) is 0 Å². The molecular weight excluding hydrogens is 167 g/mol. The van der Waals surface area contributed by atoms with Gasteiger partial charge < -0.3 is 0 Å². The lowest BCUT2D eigenvalue weighted by molar-refractivity contribution is 0.477. The smallest absolute Gasteiger partial charge is 0.195 e. The van der Waals surface area contributed by atoms with E-state index >= 15 is 0 Å². The van der Waals surface area contributed by atoms with Crippen LogP contribution in [0.4, 0.5) is 3.89 Å². The summed E-state index contributed by atoms with van der Waals surface area (Å²) in [6.07, 6.45) is 4.18. The van der Waals surface area contributed by atoms with Gasteiger partial charge in [-0.05, 0) is 31.1 Å². The lowest BCUT2D eigenvalue weighted by atomic mass is 10.1. The second-order valence-electron chi connectivity index (χ2n) is 3.72. The zero-order valence-electron chi connectivity index (χ0n) is 6.22. The Morgan fingerprint density at radius 2 is 1.91 bits per heavy atom. The van der Waals surface area contributed by atoms with E-state index in [0.717, 1.165) is 25.7 Å². The summed E-state index contributed by atoms with van der Waals surface area (Å²) < 4.78 is 33.8. The van der Waals surface area contributed by atoms with Gasteiger partial charge in [-0.25, -0.2) is 0 Å². The Labute approximate surface area is 66.0 Å². The van der Waals surface area contributed by atoms with E-state index in [4.69, 9.17) is 0 Å². The van der Waals surface area contributed by atoms with Gasteiger partial charge in [0, 0.05) is 0 Å². The van der Waals surface area contributed by atoms with Crippen molar-refractivity contribution in [2.75, 3.05) is 0 Å². The first-order valence-corrected chi connectivity index (χ1v) is 5.43. The lowest BCUT2D eigenvalue weighted by Gasteiger charge is -2.12. The third-order valence-corrected chi connectivity index (χ3v) is 4.47. The Morgan fingerprint density at radius 3 is 2.27 bits per heavy atom. The van der Waals surface area contributed by atoms with E-state index < -0.39 is 15.5 Å². The van der Waals surface area contributed by atoms with E-state index in [-0.39, 0.29) is 5.41 Å². The molecule has 2 aliphatic carbocycles. The summed E-state index contributed by atoms with van der Waals surface area (Å²) in [4.78, 5) is 0. The summed E-state index contributed by atoms with van der Waals surface area (Å²) in [5.41, 5.74) is -0.117. The Balaban J connectivity index is 2.27. The molecule has 0 radical (unpaired) electrons. The van der Waals surface area contributed by atoms with Gasteiger partial charge in [0.25, 0.3) is 0 Å². The molecule has 0 saturated heterocycles. The van der Waals surface area contributed by atoms with E-state index in [2.05, 4.69) is 0 Å². The molecule has 0 heterocycles. The summed E-state index contributed by atoms with van der Waals surface area (Å²) in [6.45, 7) is 0. The Bertz CT molecular complexity index is 266. The highest BCUT2D eigenvalue weighted by Gasteiger charge is 2.57. The fourth-order valence-electron chi connectivity index (χ4n) is 2.28. The number of rotatable bonds is 1. The van der Waals surface area contributed by atoms with Crippen molar-refractivity contribution < 1.29 is 12.3 Å². The highest BCUT2D eigenvalue weighted by Crippen LogP contribution is 2.60. The predicted molar refractivity (Wildman–Crippen MR) is 39.3 cm³/mol. The van der Waals surface area contributed by atoms with Crippen molar-refractivity contribution in [1.82, 2.24) is 0 Å². The molecule has 0 amide bonds. The Hall–Kier alpha value is -0.120. The van der Waals surface area contributed by atoms with Gasteiger partial charge in [0.1, 0.15) is 0 Å². The molecule has 2 saturated carbocycles. The minimum Gasteiger partial charge on any atom is -0.195 e. The van der Waals surface area contributed by atoms with E-state index in [1.54, 1.807) is 0 Å². The Kier molecular flexibility index (Phi) is 1.35. The molecule has 0 aliphatic heterocycles. The average Bonchev–Trinajstić information content (AvgIpc) is 2.38. The summed E-state index contributed by atoms with van der Waals surface area (Å²) >= 11 is 0. The van der Waals surface area contributed by atoms with Crippen molar-refractivity contribution in [2.45, 2.75) is 37.4 Å². The van der Waals surface area contributed by atoms with Crippen LogP contribution < -0.4 is 0 Å². The largest absolute Gasteiger partial charge is 0.305 e. The summed E-state index contributed by atoms with van der Waals surface area (Å²) in [7, 11) is -4.25. The van der Waals surface area contributed by atoms with Crippen LogP contribution in [-0.2, 0) is 10.2 Å². The normalized spacial score (nSPS) is 34.5. The molecule has 0 aromatic rings. The van der Waals surface area contributed by atoms with Crippen LogP contribution in [0.5, 0.6) is 0 Å². The molecule has 1 atom stereocenters. The van der Waals surface area contributed by atoms with Crippen molar-refractivity contribution in [2.24, 2.45) is 5.41 Å². The minimum absolute atomic E-state index is 0.117. The maximum Gasteiger partial charge on any atom is 0.305 e. The van der Waals surface area contributed by atoms with Crippen molar-refractivity contribution in [3.63, 3.8) is 0 Å². The van der Waals surface area contributed by atoms with Crippen molar-refractivity contribution >= 4 is 10.2 Å². The molecule has 0 bridgehead atoms. The predicted octanol–water partition coefficient (Wildman–Crippen LogP) is 1.62. The molecule has 2 aliphatic rings. The van der Waals surface area contributed by atoms with Gasteiger partial charge in [-0.2, -0.15) is 8.42 Å². The van der Waals surface area contributed by atoms with Crippen LogP contribution in [0.3, 0.4) is 0 Å². The molecule has 2 nitrogen and oxygen atoms in total. The number of halogens is 1. The maximum atomic E-state index is 12.6. The third kappa shape index (κ3) is 1.08. The van der Waals surface area contributed by atoms with Crippen LogP contribution in [-0.4, -0.2) is 13.7 Å². The molecule has 0 N–H and O–H groups in total. The molecule has 0 aromatic heterocycles. The fourth-order valence-corrected chi connectivity index (χ4v) is 3.68. The van der Waals surface area contributed by atoms with Crippen LogP contribution in [0.25, 0.3) is 0 Å². The SMILES string of the molecule is O=S(=O)(F)C1CCCC12CC2. The maximum absolute atomic E-state index is 12.6. The molecule has 0 aromatic carbocycles. The second kappa shape index (κ2) is 1.97. The van der Waals surface area contributed by atoms with Crippen molar-refractivity contribution in [1.29, 1.82) is 0 Å². The quantitative estimate of drug-likeness (QED) is 0.572. The monoisotopic (exact) mass is 178 g/mol. The van der Waals surface area contributed by atoms with Gasteiger partial charge in [0.15, 0.2) is 0 Å². The standard InChI is InChI=1S/C7H11FO2S/c8-11(9,10)6-2-1-3-7(6)4-5-7/h6H,1-5H2. The van der Waals surface area contributed by atoms with Gasteiger partial charge in [0.05, 0.1) is 5.25 Å². The number of hydrogen-bond acceptors (Lipinski definition) is 2. The van der Waals surface area contributed by atoms with Gasteiger partial charge in [-0.15, -0.1) is 3.89 Å². The average molecular weight is 178 g/mol.